The zero-order valence-corrected chi connectivity index (χ0v) is 12.5. The van der Waals surface area contributed by atoms with Gasteiger partial charge in [0.25, 0.3) is 0 Å². The van der Waals surface area contributed by atoms with Gasteiger partial charge in [0.1, 0.15) is 5.75 Å². The number of rotatable bonds is 5. The number of nitrogens with one attached hydrogen (secondary N) is 1. The third-order valence-electron chi connectivity index (χ3n) is 4.38. The molecule has 1 aliphatic carbocycles. The Balaban J connectivity index is 1.97. The van der Waals surface area contributed by atoms with E-state index in [9.17, 15) is 0 Å². The van der Waals surface area contributed by atoms with Gasteiger partial charge in [-0.15, -0.1) is 0 Å². The molecule has 1 unspecified atom stereocenters. The molecule has 0 amide bonds. The van der Waals surface area contributed by atoms with Gasteiger partial charge in [-0.3, -0.25) is 0 Å². The Hall–Kier alpha value is -1.53. The van der Waals surface area contributed by atoms with Crippen molar-refractivity contribution < 1.29 is 4.74 Å². The first-order valence-corrected chi connectivity index (χ1v) is 7.55. The molecule has 0 aromatic heterocycles. The quantitative estimate of drug-likeness (QED) is 0.890. The van der Waals surface area contributed by atoms with Crippen molar-refractivity contribution in [3.05, 3.63) is 29.3 Å². The molecule has 3 nitrogen and oxygen atoms in total. The molecule has 0 spiro atoms. The molecular formula is C17H24N2O. The van der Waals surface area contributed by atoms with Gasteiger partial charge in [0.05, 0.1) is 18.7 Å². The Labute approximate surface area is 121 Å². The monoisotopic (exact) mass is 272 g/mol. The lowest BCUT2D eigenvalue weighted by molar-refractivity contribution is 0.279. The Kier molecular flexibility index (Phi) is 5.43. The fourth-order valence-corrected chi connectivity index (χ4v) is 3.06. The molecule has 1 saturated carbocycles. The number of hydrogen-bond acceptors (Lipinski definition) is 3. The molecule has 108 valence electrons. The van der Waals surface area contributed by atoms with E-state index < -0.39 is 0 Å². The highest BCUT2D eigenvalue weighted by molar-refractivity contribution is 5.42. The minimum absolute atomic E-state index is 0.519. The summed E-state index contributed by atoms with van der Waals surface area (Å²) in [5.41, 5.74) is 1.75. The molecule has 0 bridgehead atoms. The maximum Gasteiger partial charge on any atom is 0.123 e. The maximum atomic E-state index is 9.00. The van der Waals surface area contributed by atoms with Gasteiger partial charge >= 0.3 is 0 Å². The number of ether oxygens (including phenoxy) is 1. The van der Waals surface area contributed by atoms with Crippen molar-refractivity contribution in [2.45, 2.75) is 51.6 Å². The van der Waals surface area contributed by atoms with Crippen LogP contribution in [0.25, 0.3) is 0 Å². The zero-order valence-electron chi connectivity index (χ0n) is 12.5. The van der Waals surface area contributed by atoms with Crippen LogP contribution in [-0.2, 0) is 6.54 Å². The zero-order chi connectivity index (χ0) is 14.4. The predicted molar refractivity (Wildman–Crippen MR) is 80.6 cm³/mol. The van der Waals surface area contributed by atoms with E-state index in [1.165, 1.54) is 32.1 Å². The summed E-state index contributed by atoms with van der Waals surface area (Å²) in [6.07, 6.45) is 6.79. The van der Waals surface area contributed by atoms with Crippen LogP contribution in [0.4, 0.5) is 0 Å². The third-order valence-corrected chi connectivity index (χ3v) is 4.38. The van der Waals surface area contributed by atoms with E-state index in [0.29, 0.717) is 11.6 Å². The lowest BCUT2D eigenvalue weighted by Gasteiger charge is -2.28. The van der Waals surface area contributed by atoms with Crippen LogP contribution in [0.3, 0.4) is 0 Å². The van der Waals surface area contributed by atoms with Gasteiger partial charge in [-0.1, -0.05) is 19.3 Å². The first-order chi connectivity index (χ1) is 9.74. The average Bonchev–Trinajstić information content (AvgIpc) is 2.53. The Morgan fingerprint density at radius 2 is 2.10 bits per heavy atom. The molecule has 1 aliphatic rings. The van der Waals surface area contributed by atoms with E-state index in [1.807, 2.05) is 12.1 Å². The van der Waals surface area contributed by atoms with Gasteiger partial charge in [0.2, 0.25) is 0 Å². The van der Waals surface area contributed by atoms with E-state index >= 15 is 0 Å². The molecule has 1 atom stereocenters. The van der Waals surface area contributed by atoms with Crippen LogP contribution in [0, 0.1) is 17.2 Å². The lowest BCUT2D eigenvalue weighted by Crippen LogP contribution is -2.34. The highest BCUT2D eigenvalue weighted by atomic mass is 16.5. The van der Waals surface area contributed by atoms with Crippen LogP contribution in [-0.4, -0.2) is 13.2 Å². The first-order valence-electron chi connectivity index (χ1n) is 7.55. The molecule has 1 aromatic carbocycles. The summed E-state index contributed by atoms with van der Waals surface area (Å²) < 4.78 is 5.37. The Bertz CT molecular complexity index is 472. The highest BCUT2D eigenvalue weighted by Gasteiger charge is 2.19. The van der Waals surface area contributed by atoms with Crippen molar-refractivity contribution >= 4 is 0 Å². The molecule has 0 radical (unpaired) electrons. The van der Waals surface area contributed by atoms with Crippen LogP contribution in [0.1, 0.15) is 50.2 Å². The molecule has 0 saturated heterocycles. The summed E-state index contributed by atoms with van der Waals surface area (Å²) in [6, 6.07) is 8.30. The van der Waals surface area contributed by atoms with Crippen LogP contribution in [0.15, 0.2) is 18.2 Å². The first kappa shape index (κ1) is 14.9. The summed E-state index contributed by atoms with van der Waals surface area (Å²) in [5, 5.41) is 12.6. The van der Waals surface area contributed by atoms with Crippen molar-refractivity contribution in [3.63, 3.8) is 0 Å². The van der Waals surface area contributed by atoms with Crippen molar-refractivity contribution in [1.82, 2.24) is 5.32 Å². The molecule has 1 aromatic rings. The summed E-state index contributed by atoms with van der Waals surface area (Å²) in [5.74, 6) is 1.64. The summed E-state index contributed by atoms with van der Waals surface area (Å²) in [6.45, 7) is 3.03. The number of nitrogens with zero attached hydrogens (tertiary/aromatic N) is 1. The van der Waals surface area contributed by atoms with Crippen LogP contribution < -0.4 is 10.1 Å². The van der Waals surface area contributed by atoms with Crippen LogP contribution in [0.2, 0.25) is 0 Å². The molecule has 20 heavy (non-hydrogen) atoms. The smallest absolute Gasteiger partial charge is 0.123 e. The second kappa shape index (κ2) is 7.31. The number of hydrogen-bond donors (Lipinski definition) is 1. The van der Waals surface area contributed by atoms with Gasteiger partial charge in [-0.25, -0.2) is 0 Å². The van der Waals surface area contributed by atoms with Gasteiger partial charge < -0.3 is 10.1 Å². The predicted octanol–water partition coefficient (Wildman–Crippen LogP) is 3.63. The molecular weight excluding hydrogens is 248 g/mol. The Morgan fingerprint density at radius 3 is 2.75 bits per heavy atom. The lowest BCUT2D eigenvalue weighted by atomic mass is 9.84. The largest absolute Gasteiger partial charge is 0.496 e. The van der Waals surface area contributed by atoms with Gasteiger partial charge in [0.15, 0.2) is 0 Å². The van der Waals surface area contributed by atoms with Gasteiger partial charge in [-0.2, -0.15) is 5.26 Å². The normalized spacial score (nSPS) is 17.4. The number of benzene rings is 1. The average molecular weight is 272 g/mol. The fourth-order valence-electron chi connectivity index (χ4n) is 3.06. The summed E-state index contributed by atoms with van der Waals surface area (Å²) >= 11 is 0. The third kappa shape index (κ3) is 3.74. The van der Waals surface area contributed by atoms with Crippen molar-refractivity contribution in [3.8, 4) is 11.8 Å². The Morgan fingerprint density at radius 1 is 1.35 bits per heavy atom. The summed E-state index contributed by atoms with van der Waals surface area (Å²) in [7, 11) is 1.68. The van der Waals surface area contributed by atoms with E-state index in [1.54, 1.807) is 13.2 Å². The van der Waals surface area contributed by atoms with Crippen molar-refractivity contribution in [2.75, 3.05) is 7.11 Å². The van der Waals surface area contributed by atoms with Crippen LogP contribution in [0.5, 0.6) is 5.75 Å². The standard InChI is InChI=1S/C17H24N2O/c1-13(15-6-4-3-5-7-15)19-12-16-10-14(11-18)8-9-17(16)20-2/h8-10,13,15,19H,3-7,12H2,1-2H3. The molecule has 3 heteroatoms. The molecule has 0 aliphatic heterocycles. The van der Waals surface area contributed by atoms with Crippen molar-refractivity contribution in [2.24, 2.45) is 5.92 Å². The number of nitriles is 1. The fraction of sp³-hybridized carbons (Fsp3) is 0.588. The minimum atomic E-state index is 0.519. The second-order valence-electron chi connectivity index (χ2n) is 5.71. The second-order valence-corrected chi connectivity index (χ2v) is 5.71. The maximum absolute atomic E-state index is 9.00. The van der Waals surface area contributed by atoms with E-state index in [4.69, 9.17) is 10.00 Å². The van der Waals surface area contributed by atoms with E-state index in [2.05, 4.69) is 18.3 Å². The van der Waals surface area contributed by atoms with E-state index in [0.717, 1.165) is 23.8 Å². The topological polar surface area (TPSA) is 45.0 Å². The van der Waals surface area contributed by atoms with Gasteiger partial charge in [-0.05, 0) is 43.9 Å². The number of methoxy groups -OCH3 is 1. The van der Waals surface area contributed by atoms with Gasteiger partial charge in [0, 0.05) is 18.2 Å². The summed E-state index contributed by atoms with van der Waals surface area (Å²) in [4.78, 5) is 0. The highest BCUT2D eigenvalue weighted by Crippen LogP contribution is 2.27. The SMILES string of the molecule is COc1ccc(C#N)cc1CNC(C)C1CCCCC1. The van der Waals surface area contributed by atoms with Crippen molar-refractivity contribution in [1.29, 1.82) is 5.26 Å². The van der Waals surface area contributed by atoms with Crippen LogP contribution >= 0.6 is 0 Å². The minimum Gasteiger partial charge on any atom is -0.496 e. The molecule has 1 fully saturated rings. The molecule has 1 N–H and O–H groups in total. The molecule has 2 rings (SSSR count). The molecule has 0 heterocycles. The van der Waals surface area contributed by atoms with E-state index in [-0.39, 0.29) is 0 Å².